The first-order valence-electron chi connectivity index (χ1n) is 6.57. The van der Waals surface area contributed by atoms with Gasteiger partial charge in [0.2, 0.25) is 0 Å². The molecular formula is C14H22N4. The first-order valence-corrected chi connectivity index (χ1v) is 6.57. The molecule has 0 aliphatic heterocycles. The molecule has 0 bridgehead atoms. The topological polar surface area (TPSA) is 48.8 Å². The van der Waals surface area contributed by atoms with Crippen LogP contribution in [0.4, 0.5) is 0 Å². The highest BCUT2D eigenvalue weighted by molar-refractivity contribution is 5.17. The van der Waals surface area contributed by atoms with Gasteiger partial charge in [0, 0.05) is 25.5 Å². The molecule has 0 aliphatic carbocycles. The van der Waals surface area contributed by atoms with Crippen molar-refractivity contribution in [3.05, 3.63) is 41.5 Å². The zero-order chi connectivity index (χ0) is 13.1. The van der Waals surface area contributed by atoms with Gasteiger partial charge in [-0.15, -0.1) is 0 Å². The molecule has 0 aromatic carbocycles. The lowest BCUT2D eigenvalue weighted by Gasteiger charge is -2.06. The minimum atomic E-state index is 0.143. The monoisotopic (exact) mass is 246 g/mol. The van der Waals surface area contributed by atoms with Gasteiger partial charge in [-0.2, -0.15) is 5.10 Å². The summed E-state index contributed by atoms with van der Waals surface area (Å²) in [6.07, 6.45) is 6.16. The fourth-order valence-corrected chi connectivity index (χ4v) is 2.09. The van der Waals surface area contributed by atoms with E-state index in [4.69, 9.17) is 5.73 Å². The van der Waals surface area contributed by atoms with Gasteiger partial charge >= 0.3 is 0 Å². The Balaban J connectivity index is 2.13. The number of nitrogens with two attached hydrogens (primary N) is 1. The summed E-state index contributed by atoms with van der Waals surface area (Å²) in [5, 5.41) is 4.46. The van der Waals surface area contributed by atoms with E-state index in [0.29, 0.717) is 0 Å². The van der Waals surface area contributed by atoms with E-state index in [1.807, 2.05) is 11.7 Å². The van der Waals surface area contributed by atoms with E-state index < -0.39 is 0 Å². The van der Waals surface area contributed by atoms with Crippen LogP contribution in [0, 0.1) is 0 Å². The molecule has 4 nitrogen and oxygen atoms in total. The van der Waals surface area contributed by atoms with E-state index in [1.54, 1.807) is 0 Å². The van der Waals surface area contributed by atoms with E-state index in [9.17, 15) is 0 Å². The van der Waals surface area contributed by atoms with Crippen molar-refractivity contribution < 1.29 is 0 Å². The van der Waals surface area contributed by atoms with Gasteiger partial charge in [-0.1, -0.05) is 13.8 Å². The number of aromatic nitrogens is 3. The molecule has 2 aromatic rings. The maximum Gasteiger partial charge on any atom is 0.0639 e. The molecule has 2 aromatic heterocycles. The predicted molar refractivity (Wildman–Crippen MR) is 73.3 cm³/mol. The van der Waals surface area contributed by atoms with Crippen molar-refractivity contribution >= 4 is 0 Å². The van der Waals surface area contributed by atoms with E-state index in [1.165, 1.54) is 11.3 Å². The van der Waals surface area contributed by atoms with Crippen LogP contribution >= 0.6 is 0 Å². The summed E-state index contributed by atoms with van der Waals surface area (Å²) in [5.74, 6) is 0. The maximum atomic E-state index is 6.03. The lowest BCUT2D eigenvalue weighted by atomic mass is 10.1. The van der Waals surface area contributed by atoms with E-state index >= 15 is 0 Å². The number of hydrogen-bond acceptors (Lipinski definition) is 2. The third-order valence-corrected chi connectivity index (χ3v) is 3.38. The minimum Gasteiger partial charge on any atom is -0.348 e. The van der Waals surface area contributed by atoms with Gasteiger partial charge in [-0.25, -0.2) is 0 Å². The second-order valence-corrected chi connectivity index (χ2v) is 4.74. The fraction of sp³-hybridized carbons (Fsp3) is 0.500. The second kappa shape index (κ2) is 5.40. The van der Waals surface area contributed by atoms with Crippen molar-refractivity contribution in [2.24, 2.45) is 12.8 Å². The predicted octanol–water partition coefficient (Wildman–Crippen LogP) is 2.24. The molecule has 0 aliphatic rings. The molecule has 4 heteroatoms. The van der Waals surface area contributed by atoms with Crippen LogP contribution in [-0.2, 0) is 20.0 Å². The van der Waals surface area contributed by atoms with Gasteiger partial charge in [0.05, 0.1) is 17.9 Å². The Morgan fingerprint density at radius 1 is 1.39 bits per heavy atom. The summed E-state index contributed by atoms with van der Waals surface area (Å²) in [7, 11) is 2.00. The average Bonchev–Trinajstić information content (AvgIpc) is 2.97. The Morgan fingerprint density at radius 2 is 2.17 bits per heavy atom. The van der Waals surface area contributed by atoms with Crippen LogP contribution in [0.3, 0.4) is 0 Å². The van der Waals surface area contributed by atoms with Crippen molar-refractivity contribution in [1.29, 1.82) is 0 Å². The number of nitrogens with zero attached hydrogens (tertiary/aromatic N) is 3. The SMILES string of the molecule is CCc1cc(Cn2ccc(C(N)CC)c2)n(C)n1. The van der Waals surface area contributed by atoms with Crippen LogP contribution in [0.2, 0.25) is 0 Å². The Kier molecular flexibility index (Phi) is 3.87. The number of hydrogen-bond donors (Lipinski definition) is 1. The van der Waals surface area contributed by atoms with Crippen molar-refractivity contribution in [3.63, 3.8) is 0 Å². The van der Waals surface area contributed by atoms with Gasteiger partial charge < -0.3 is 10.3 Å². The van der Waals surface area contributed by atoms with Crippen LogP contribution in [0.5, 0.6) is 0 Å². The highest BCUT2D eigenvalue weighted by atomic mass is 15.3. The fourth-order valence-electron chi connectivity index (χ4n) is 2.09. The molecular weight excluding hydrogens is 224 g/mol. The molecule has 0 amide bonds. The van der Waals surface area contributed by atoms with Crippen molar-refractivity contribution in [2.45, 2.75) is 39.3 Å². The van der Waals surface area contributed by atoms with Crippen LogP contribution in [0.1, 0.15) is 43.3 Å². The van der Waals surface area contributed by atoms with E-state index in [-0.39, 0.29) is 6.04 Å². The first kappa shape index (κ1) is 12.9. The Bertz CT molecular complexity index is 510. The van der Waals surface area contributed by atoms with E-state index in [2.05, 4.69) is 48.0 Å². The molecule has 0 saturated carbocycles. The maximum absolute atomic E-state index is 6.03. The minimum absolute atomic E-state index is 0.143. The molecule has 2 heterocycles. The molecule has 0 saturated heterocycles. The van der Waals surface area contributed by atoms with Gasteiger partial charge in [0.1, 0.15) is 0 Å². The summed E-state index contributed by atoms with van der Waals surface area (Å²) in [6.45, 7) is 5.08. The lowest BCUT2D eigenvalue weighted by Crippen LogP contribution is -2.08. The van der Waals surface area contributed by atoms with Gasteiger partial charge in [0.15, 0.2) is 0 Å². The Hall–Kier alpha value is -1.55. The summed E-state index contributed by atoms with van der Waals surface area (Å²) in [4.78, 5) is 0. The zero-order valence-corrected chi connectivity index (χ0v) is 11.4. The summed E-state index contributed by atoms with van der Waals surface area (Å²) >= 11 is 0. The van der Waals surface area contributed by atoms with Gasteiger partial charge in [-0.05, 0) is 30.5 Å². The largest absolute Gasteiger partial charge is 0.348 e. The summed E-state index contributed by atoms with van der Waals surface area (Å²) in [5.41, 5.74) is 9.59. The van der Waals surface area contributed by atoms with Crippen molar-refractivity contribution in [3.8, 4) is 0 Å². The average molecular weight is 246 g/mol. The highest BCUT2D eigenvalue weighted by Gasteiger charge is 2.07. The lowest BCUT2D eigenvalue weighted by molar-refractivity contribution is 0.656. The molecule has 1 unspecified atom stereocenters. The smallest absolute Gasteiger partial charge is 0.0639 e. The van der Waals surface area contributed by atoms with Crippen molar-refractivity contribution in [2.75, 3.05) is 0 Å². The normalized spacial score (nSPS) is 12.9. The number of aryl methyl sites for hydroxylation is 2. The Labute approximate surface area is 108 Å². The summed E-state index contributed by atoms with van der Waals surface area (Å²) in [6, 6.07) is 4.41. The van der Waals surface area contributed by atoms with Crippen LogP contribution in [0.25, 0.3) is 0 Å². The molecule has 0 radical (unpaired) electrons. The summed E-state index contributed by atoms with van der Waals surface area (Å²) < 4.78 is 4.12. The molecule has 0 spiro atoms. The Morgan fingerprint density at radius 3 is 2.78 bits per heavy atom. The molecule has 1 atom stereocenters. The third-order valence-electron chi connectivity index (χ3n) is 3.38. The van der Waals surface area contributed by atoms with Crippen molar-refractivity contribution in [1.82, 2.24) is 14.3 Å². The number of rotatable bonds is 5. The highest BCUT2D eigenvalue weighted by Crippen LogP contribution is 2.15. The first-order chi connectivity index (χ1) is 8.63. The van der Waals surface area contributed by atoms with E-state index in [0.717, 1.165) is 25.1 Å². The standard InChI is InChI=1S/C14H22N4/c1-4-12-8-13(17(3)16-12)10-18-7-6-11(9-18)14(15)5-2/h6-9,14H,4-5,10,15H2,1-3H3. The van der Waals surface area contributed by atoms with Gasteiger partial charge in [0.25, 0.3) is 0 Å². The van der Waals surface area contributed by atoms with Gasteiger partial charge in [-0.3, -0.25) is 4.68 Å². The van der Waals surface area contributed by atoms with Crippen LogP contribution in [0.15, 0.2) is 24.5 Å². The quantitative estimate of drug-likeness (QED) is 0.879. The molecule has 2 rings (SSSR count). The molecule has 0 fully saturated rings. The van der Waals surface area contributed by atoms with Crippen LogP contribution in [-0.4, -0.2) is 14.3 Å². The molecule has 98 valence electrons. The van der Waals surface area contributed by atoms with Crippen LogP contribution < -0.4 is 5.73 Å². The molecule has 2 N–H and O–H groups in total. The zero-order valence-electron chi connectivity index (χ0n) is 11.4. The third kappa shape index (κ3) is 2.64. The molecule has 18 heavy (non-hydrogen) atoms. The second-order valence-electron chi connectivity index (χ2n) is 4.74.